The number of alkyl carbamates (subject to hydrolysis) is 1. The van der Waals surface area contributed by atoms with Crippen molar-refractivity contribution < 1.29 is 47.8 Å². The fourth-order valence-electron chi connectivity index (χ4n) is 6.50. The molecule has 0 aromatic carbocycles. The van der Waals surface area contributed by atoms with E-state index in [1.807, 2.05) is 55.4 Å². The molecule has 7 amide bonds. The Labute approximate surface area is 365 Å². The molecule has 0 rings (SSSR count). The molecular weight excluding hydrogens is 787 g/mol. The first-order chi connectivity index (χ1) is 27.9. The van der Waals surface area contributed by atoms with E-state index in [2.05, 4.69) is 37.2 Å². The highest BCUT2D eigenvalue weighted by Crippen LogP contribution is 2.15. The zero-order chi connectivity index (χ0) is 47.4. The summed E-state index contributed by atoms with van der Waals surface area (Å²) >= 11 is 0. The molecule has 0 spiro atoms. The van der Waals surface area contributed by atoms with Crippen LogP contribution in [0.2, 0.25) is 0 Å². The average Bonchev–Trinajstić information content (AvgIpc) is 3.04. The number of methoxy groups -OCH3 is 1. The molecule has 0 aliphatic rings. The Kier molecular flexibility index (Phi) is 24.8. The van der Waals surface area contributed by atoms with Crippen LogP contribution in [-0.2, 0) is 43.0 Å². The summed E-state index contributed by atoms with van der Waals surface area (Å²) in [4.78, 5) is 103. The molecule has 6 atom stereocenters. The number of carbonyl (C=O) groups excluding carboxylic acids is 8. The number of hydrogen-bond acceptors (Lipinski definition) is 10. The number of esters is 1. The quantitative estimate of drug-likeness (QED) is 0.0613. The normalized spacial score (nSPS) is 14.8. The van der Waals surface area contributed by atoms with Crippen LogP contribution in [0.15, 0.2) is 0 Å². The smallest absolute Gasteiger partial charge is 0.407 e. The zero-order valence-corrected chi connectivity index (χ0v) is 40.0. The summed E-state index contributed by atoms with van der Waals surface area (Å²) in [6.45, 7) is 27.1. The molecule has 61 heavy (non-hydrogen) atoms. The molecule has 17 nitrogen and oxygen atoms in total. The van der Waals surface area contributed by atoms with Crippen LogP contribution in [0.4, 0.5) is 4.79 Å². The predicted molar refractivity (Wildman–Crippen MR) is 235 cm³/mol. The van der Waals surface area contributed by atoms with Gasteiger partial charge in [-0.2, -0.15) is 0 Å². The predicted octanol–water partition coefficient (Wildman–Crippen LogP) is 4.16. The first kappa shape index (κ1) is 56.6. The van der Waals surface area contributed by atoms with Crippen LogP contribution in [0, 0.1) is 23.7 Å². The van der Waals surface area contributed by atoms with Crippen LogP contribution in [0.1, 0.15) is 155 Å². The monoisotopic (exact) mass is 868 g/mol. The highest BCUT2D eigenvalue weighted by atomic mass is 16.6. The first-order valence-corrected chi connectivity index (χ1v) is 21.8. The maximum absolute atomic E-state index is 13.5. The van der Waals surface area contributed by atoms with Gasteiger partial charge in [0.25, 0.3) is 0 Å². The molecule has 7 N–H and O–H groups in total. The van der Waals surface area contributed by atoms with Gasteiger partial charge in [-0.1, -0.05) is 55.4 Å². The molecule has 0 aliphatic heterocycles. The Morgan fingerprint density at radius 2 is 0.869 bits per heavy atom. The van der Waals surface area contributed by atoms with Crippen molar-refractivity contribution in [2.75, 3.05) is 7.11 Å². The minimum atomic E-state index is -1.37. The summed E-state index contributed by atoms with van der Waals surface area (Å²) in [6, 6.07) is -3.08. The third kappa shape index (κ3) is 26.5. The molecule has 0 saturated carbocycles. The summed E-state index contributed by atoms with van der Waals surface area (Å²) < 4.78 is 10.1. The van der Waals surface area contributed by atoms with Gasteiger partial charge in [-0.05, 0) is 85.0 Å². The van der Waals surface area contributed by atoms with Crippen molar-refractivity contribution in [2.24, 2.45) is 23.7 Å². The van der Waals surface area contributed by atoms with Crippen molar-refractivity contribution in [2.45, 2.75) is 203 Å². The Balaban J connectivity index is 5.32. The summed E-state index contributed by atoms with van der Waals surface area (Å²) in [5.41, 5.74) is -2.06. The molecule has 0 bridgehead atoms. The van der Waals surface area contributed by atoms with Crippen LogP contribution >= 0.6 is 0 Å². The van der Waals surface area contributed by atoms with Crippen molar-refractivity contribution in [3.63, 3.8) is 0 Å². The molecule has 0 saturated heterocycles. The topological polar surface area (TPSA) is 239 Å². The van der Waals surface area contributed by atoms with Gasteiger partial charge >= 0.3 is 12.1 Å². The lowest BCUT2D eigenvalue weighted by molar-refractivity contribution is -0.141. The van der Waals surface area contributed by atoms with Gasteiger partial charge in [0.05, 0.1) is 13.5 Å². The van der Waals surface area contributed by atoms with Gasteiger partial charge in [0.1, 0.15) is 11.1 Å². The average molecular weight is 868 g/mol. The number of carbonyl (C=O) groups is 8. The third-order valence-electron chi connectivity index (χ3n) is 9.57. The van der Waals surface area contributed by atoms with E-state index in [1.165, 1.54) is 7.11 Å². The number of amides is 7. The molecule has 0 radical (unpaired) electrons. The summed E-state index contributed by atoms with van der Waals surface area (Å²) in [6.07, 6.45) is 0.263. The van der Waals surface area contributed by atoms with Crippen molar-refractivity contribution >= 4 is 47.5 Å². The Morgan fingerprint density at radius 1 is 0.475 bits per heavy atom. The van der Waals surface area contributed by atoms with E-state index in [0.717, 1.165) is 0 Å². The second-order valence-electron chi connectivity index (χ2n) is 19.5. The van der Waals surface area contributed by atoms with Gasteiger partial charge in [-0.25, -0.2) is 4.79 Å². The summed E-state index contributed by atoms with van der Waals surface area (Å²) in [5, 5.41) is 19.8. The maximum Gasteiger partial charge on any atom is 0.407 e. The second kappa shape index (κ2) is 26.8. The van der Waals surface area contributed by atoms with E-state index >= 15 is 0 Å². The second-order valence-corrected chi connectivity index (χ2v) is 19.5. The van der Waals surface area contributed by atoms with Gasteiger partial charge in [0.2, 0.25) is 35.4 Å². The van der Waals surface area contributed by atoms with Crippen LogP contribution in [-0.4, -0.2) is 102 Å². The lowest BCUT2D eigenvalue weighted by Gasteiger charge is -2.31. The Hall–Kier alpha value is -4.44. The zero-order valence-electron chi connectivity index (χ0n) is 40.0. The van der Waals surface area contributed by atoms with Crippen molar-refractivity contribution in [3.8, 4) is 0 Å². The summed E-state index contributed by atoms with van der Waals surface area (Å²) in [5.74, 6) is -2.63. The highest BCUT2D eigenvalue weighted by Gasteiger charge is 2.34. The molecule has 0 aromatic heterocycles. The standard InChI is InChI=1S/C44H81N7O10/c1-25(2)17-31(47-35(52)19-29(9)46-38(55)24-34(28(7)8)50-42(59)61-43(11,12)13)21-39(56)51-44(14,15)41(58)49-33(27(5)6)23-37(54)45-30(10)20-36(53)48-32(18-26(3)4)22-40(57)60-16/h25-34H,17-24H2,1-16H3,(H,45,54)(H,46,55)(H,47,52)(H,48,53)(H,49,58)(H,50,59)(H,51,56)/t29-,30-,31-,32-,33-,34-/m0/s1. The van der Waals surface area contributed by atoms with Gasteiger partial charge in [0, 0.05) is 68.4 Å². The van der Waals surface area contributed by atoms with E-state index in [9.17, 15) is 38.4 Å². The molecule has 0 unspecified atom stereocenters. The lowest BCUT2D eigenvalue weighted by Crippen LogP contribution is -2.58. The van der Waals surface area contributed by atoms with Gasteiger partial charge in [-0.15, -0.1) is 0 Å². The molecular formula is C44H81N7O10. The van der Waals surface area contributed by atoms with Gasteiger partial charge in [0.15, 0.2) is 0 Å². The minimum Gasteiger partial charge on any atom is -0.469 e. The molecule has 17 heteroatoms. The number of rotatable bonds is 26. The number of ether oxygens (including phenoxy) is 2. The van der Waals surface area contributed by atoms with E-state index in [0.29, 0.717) is 12.8 Å². The molecule has 0 heterocycles. The highest BCUT2D eigenvalue weighted by molar-refractivity contribution is 5.91. The van der Waals surface area contributed by atoms with Crippen LogP contribution in [0.5, 0.6) is 0 Å². The largest absolute Gasteiger partial charge is 0.469 e. The fraction of sp³-hybridized carbons (Fsp3) is 0.818. The fourth-order valence-corrected chi connectivity index (χ4v) is 6.50. The molecule has 0 fully saturated rings. The van der Waals surface area contributed by atoms with Crippen LogP contribution in [0.3, 0.4) is 0 Å². The maximum atomic E-state index is 13.5. The minimum absolute atomic E-state index is 0.00622. The van der Waals surface area contributed by atoms with Crippen molar-refractivity contribution in [1.29, 1.82) is 0 Å². The molecule has 0 aromatic rings. The summed E-state index contributed by atoms with van der Waals surface area (Å²) in [7, 11) is 1.29. The van der Waals surface area contributed by atoms with Gasteiger partial charge < -0.3 is 46.7 Å². The third-order valence-corrected chi connectivity index (χ3v) is 9.57. The Morgan fingerprint density at radius 3 is 1.25 bits per heavy atom. The van der Waals surface area contributed by atoms with Crippen molar-refractivity contribution in [1.82, 2.24) is 37.2 Å². The number of hydrogen-bond donors (Lipinski definition) is 7. The van der Waals surface area contributed by atoms with E-state index in [1.54, 1.807) is 48.5 Å². The van der Waals surface area contributed by atoms with E-state index < -0.39 is 71.3 Å². The lowest BCUT2D eigenvalue weighted by atomic mass is 9.96. The van der Waals surface area contributed by atoms with E-state index in [4.69, 9.17) is 9.47 Å². The first-order valence-electron chi connectivity index (χ1n) is 21.8. The molecule has 0 aliphatic carbocycles. The number of nitrogens with one attached hydrogen (secondary N) is 7. The van der Waals surface area contributed by atoms with Crippen molar-refractivity contribution in [3.05, 3.63) is 0 Å². The van der Waals surface area contributed by atoms with Gasteiger partial charge in [-0.3, -0.25) is 33.6 Å². The Bertz CT molecular complexity index is 1460. The molecule has 352 valence electrons. The van der Waals surface area contributed by atoms with E-state index in [-0.39, 0.29) is 85.8 Å². The van der Waals surface area contributed by atoms with Crippen LogP contribution in [0.25, 0.3) is 0 Å². The SMILES string of the molecule is COC(=O)C[C@H](CC(C)C)NC(=O)C[C@H](C)NC(=O)C[C@H](NC(=O)C(C)(C)NC(=O)C[C@H](CC(C)C)NC(=O)C[C@H](C)NC(=O)C[C@H](NC(=O)OC(C)(C)C)C(C)C)C(C)C. The van der Waals surface area contributed by atoms with Crippen LogP contribution < -0.4 is 37.2 Å².